The van der Waals surface area contributed by atoms with Crippen molar-refractivity contribution in [1.29, 1.82) is 0 Å². The molecule has 0 aliphatic heterocycles. The topological polar surface area (TPSA) is 61.8 Å². The first-order valence-electron chi connectivity index (χ1n) is 10.00. The smallest absolute Gasteiger partial charge is 0.343 e. The minimum Gasteiger partial charge on any atom is -0.488 e. The van der Waals surface area contributed by atoms with E-state index in [1.54, 1.807) is 55.5 Å². The zero-order chi connectivity index (χ0) is 23.1. The highest BCUT2D eigenvalue weighted by atomic mass is 16.5. The molecule has 5 heteroatoms. The number of ether oxygens (including phenoxy) is 3. The van der Waals surface area contributed by atoms with E-state index in [1.165, 1.54) is 0 Å². The van der Waals surface area contributed by atoms with Crippen LogP contribution in [-0.4, -0.2) is 18.5 Å². The Kier molecular flexibility index (Phi) is 7.24. The summed E-state index contributed by atoms with van der Waals surface area (Å²) in [4.78, 5) is 24.1. The minimum atomic E-state index is -0.479. The van der Waals surface area contributed by atoms with E-state index in [-0.39, 0.29) is 0 Å². The second kappa shape index (κ2) is 10.3. The van der Waals surface area contributed by atoms with Crippen molar-refractivity contribution in [3.63, 3.8) is 0 Å². The van der Waals surface area contributed by atoms with Crippen molar-refractivity contribution < 1.29 is 23.8 Å². The molecular weight excluding hydrogens is 404 g/mol. The molecule has 0 aromatic heterocycles. The lowest BCUT2D eigenvalue weighted by molar-refractivity contribution is -0.130. The average molecular weight is 428 g/mol. The van der Waals surface area contributed by atoms with E-state index in [2.05, 4.69) is 13.2 Å². The van der Waals surface area contributed by atoms with Gasteiger partial charge in [0.15, 0.2) is 0 Å². The van der Waals surface area contributed by atoms with Crippen LogP contribution in [0.3, 0.4) is 0 Å². The van der Waals surface area contributed by atoms with Crippen molar-refractivity contribution in [2.45, 2.75) is 13.8 Å². The van der Waals surface area contributed by atoms with Gasteiger partial charge in [0.2, 0.25) is 0 Å². The van der Waals surface area contributed by atoms with Gasteiger partial charge in [0.1, 0.15) is 23.9 Å². The molecule has 0 saturated carbocycles. The van der Waals surface area contributed by atoms with E-state index in [9.17, 15) is 9.59 Å². The Bertz CT molecular complexity index is 1140. The SMILES string of the molecule is C=C(C)COc1cc(OC(=O)c2ccccc2)ccc1-c1ccc(OC(=O)C(=C)C)cc1. The summed E-state index contributed by atoms with van der Waals surface area (Å²) in [6, 6.07) is 21.0. The summed E-state index contributed by atoms with van der Waals surface area (Å²) in [5.74, 6) is 0.393. The summed E-state index contributed by atoms with van der Waals surface area (Å²) in [6.07, 6.45) is 0. The molecule has 32 heavy (non-hydrogen) atoms. The molecule has 0 N–H and O–H groups in total. The van der Waals surface area contributed by atoms with Crippen molar-refractivity contribution in [1.82, 2.24) is 0 Å². The van der Waals surface area contributed by atoms with E-state index in [4.69, 9.17) is 14.2 Å². The van der Waals surface area contributed by atoms with E-state index in [0.717, 1.165) is 16.7 Å². The van der Waals surface area contributed by atoms with Gasteiger partial charge >= 0.3 is 11.9 Å². The number of hydrogen-bond donors (Lipinski definition) is 0. The Hall–Kier alpha value is -4.12. The minimum absolute atomic E-state index is 0.317. The van der Waals surface area contributed by atoms with Gasteiger partial charge in [-0.1, -0.05) is 43.5 Å². The van der Waals surface area contributed by atoms with Gasteiger partial charge in [-0.15, -0.1) is 0 Å². The fourth-order valence-corrected chi connectivity index (χ4v) is 2.76. The third-order valence-corrected chi connectivity index (χ3v) is 4.37. The maximum atomic E-state index is 12.4. The van der Waals surface area contributed by atoms with E-state index >= 15 is 0 Å². The van der Waals surface area contributed by atoms with Crippen LogP contribution in [0.1, 0.15) is 24.2 Å². The number of hydrogen-bond acceptors (Lipinski definition) is 5. The largest absolute Gasteiger partial charge is 0.488 e. The fraction of sp³-hybridized carbons (Fsp3) is 0.111. The van der Waals surface area contributed by atoms with Crippen molar-refractivity contribution in [2.24, 2.45) is 0 Å². The first-order chi connectivity index (χ1) is 15.3. The molecule has 0 amide bonds. The Labute approximate surface area is 187 Å². The highest BCUT2D eigenvalue weighted by Crippen LogP contribution is 2.35. The molecule has 3 rings (SSSR count). The monoisotopic (exact) mass is 428 g/mol. The predicted molar refractivity (Wildman–Crippen MR) is 124 cm³/mol. The molecule has 0 radical (unpaired) electrons. The summed E-state index contributed by atoms with van der Waals surface area (Å²) >= 11 is 0. The molecule has 0 fully saturated rings. The molecule has 0 aliphatic carbocycles. The zero-order valence-corrected chi connectivity index (χ0v) is 18.1. The van der Waals surface area contributed by atoms with Crippen LogP contribution in [0.5, 0.6) is 17.2 Å². The molecule has 0 atom stereocenters. The quantitative estimate of drug-likeness (QED) is 0.190. The molecule has 0 saturated heterocycles. The van der Waals surface area contributed by atoms with E-state index in [1.807, 2.05) is 31.2 Å². The van der Waals surface area contributed by atoms with Gasteiger partial charge in [-0.25, -0.2) is 9.59 Å². The van der Waals surface area contributed by atoms with Crippen LogP contribution in [-0.2, 0) is 4.79 Å². The van der Waals surface area contributed by atoms with Gasteiger partial charge in [0.05, 0.1) is 5.56 Å². The van der Waals surface area contributed by atoms with Crippen LogP contribution in [0.2, 0.25) is 0 Å². The second-order valence-electron chi connectivity index (χ2n) is 7.35. The highest BCUT2D eigenvalue weighted by molar-refractivity contribution is 5.91. The third kappa shape index (κ3) is 5.95. The first-order valence-corrected chi connectivity index (χ1v) is 10.00. The predicted octanol–water partition coefficient (Wildman–Crippen LogP) is 6.01. The van der Waals surface area contributed by atoms with Gasteiger partial charge in [-0.3, -0.25) is 0 Å². The molecule has 0 spiro atoms. The van der Waals surface area contributed by atoms with Crippen LogP contribution in [0, 0.1) is 0 Å². The lowest BCUT2D eigenvalue weighted by atomic mass is 10.0. The molecule has 3 aromatic carbocycles. The van der Waals surface area contributed by atoms with Gasteiger partial charge in [0.25, 0.3) is 0 Å². The van der Waals surface area contributed by atoms with Crippen LogP contribution >= 0.6 is 0 Å². The van der Waals surface area contributed by atoms with Crippen molar-refractivity contribution in [3.05, 3.63) is 103 Å². The molecule has 162 valence electrons. The standard InChI is InChI=1S/C27H24O5/c1-18(2)17-30-25-16-23(32-27(29)21-8-6-5-7-9-21)14-15-24(25)20-10-12-22(13-11-20)31-26(28)19(3)4/h5-16H,1,3,17H2,2,4H3. The van der Waals surface area contributed by atoms with Crippen LogP contribution < -0.4 is 14.2 Å². The molecule has 0 unspecified atom stereocenters. The van der Waals surface area contributed by atoms with Crippen LogP contribution in [0.4, 0.5) is 0 Å². The normalized spacial score (nSPS) is 10.2. The average Bonchev–Trinajstić information content (AvgIpc) is 2.79. The Morgan fingerprint density at radius 3 is 2.09 bits per heavy atom. The van der Waals surface area contributed by atoms with Gasteiger partial charge in [0, 0.05) is 17.2 Å². The lowest BCUT2D eigenvalue weighted by Crippen LogP contribution is -2.08. The molecule has 0 bridgehead atoms. The third-order valence-electron chi connectivity index (χ3n) is 4.37. The Balaban J connectivity index is 1.86. The number of rotatable bonds is 8. The lowest BCUT2D eigenvalue weighted by Gasteiger charge is -2.14. The van der Waals surface area contributed by atoms with Crippen molar-refractivity contribution in [2.75, 3.05) is 6.61 Å². The Morgan fingerprint density at radius 1 is 0.812 bits per heavy atom. The fourth-order valence-electron chi connectivity index (χ4n) is 2.76. The summed E-state index contributed by atoms with van der Waals surface area (Å²) in [6.45, 7) is 11.2. The van der Waals surface area contributed by atoms with Crippen LogP contribution in [0.25, 0.3) is 11.1 Å². The van der Waals surface area contributed by atoms with Gasteiger partial charge in [-0.2, -0.15) is 0 Å². The van der Waals surface area contributed by atoms with Gasteiger partial charge in [-0.05, 0) is 61.4 Å². The maximum absolute atomic E-state index is 12.4. The van der Waals surface area contributed by atoms with Crippen molar-refractivity contribution in [3.8, 4) is 28.4 Å². The van der Waals surface area contributed by atoms with Crippen LogP contribution in [0.15, 0.2) is 97.1 Å². The summed E-state index contributed by atoms with van der Waals surface area (Å²) in [5.41, 5.74) is 3.28. The zero-order valence-electron chi connectivity index (χ0n) is 18.1. The van der Waals surface area contributed by atoms with Crippen molar-refractivity contribution >= 4 is 11.9 Å². The number of carbonyl (C=O) groups excluding carboxylic acids is 2. The molecule has 3 aromatic rings. The van der Waals surface area contributed by atoms with E-state index in [0.29, 0.717) is 35.0 Å². The number of benzene rings is 3. The number of carbonyl (C=O) groups is 2. The summed E-state index contributed by atoms with van der Waals surface area (Å²) in [5, 5.41) is 0. The molecule has 0 heterocycles. The molecular formula is C27H24O5. The first kappa shape index (κ1) is 22.6. The Morgan fingerprint density at radius 2 is 1.47 bits per heavy atom. The number of esters is 2. The van der Waals surface area contributed by atoms with E-state index < -0.39 is 11.9 Å². The maximum Gasteiger partial charge on any atom is 0.343 e. The molecule has 0 aliphatic rings. The van der Waals surface area contributed by atoms with Gasteiger partial charge < -0.3 is 14.2 Å². The summed E-state index contributed by atoms with van der Waals surface area (Å²) < 4.78 is 16.7. The highest BCUT2D eigenvalue weighted by Gasteiger charge is 2.13. The summed E-state index contributed by atoms with van der Waals surface area (Å²) in [7, 11) is 0. The molecule has 5 nitrogen and oxygen atoms in total. The second-order valence-corrected chi connectivity index (χ2v) is 7.35.